The number of nitrogens with one attached hydrogen (secondary N) is 1. The fourth-order valence-corrected chi connectivity index (χ4v) is 4.22. The van der Waals surface area contributed by atoms with Gasteiger partial charge in [-0.05, 0) is 56.9 Å². The molecule has 1 aromatic carbocycles. The second-order valence-corrected chi connectivity index (χ2v) is 8.21. The third-order valence-electron chi connectivity index (χ3n) is 5.96. The maximum Gasteiger partial charge on any atom is 0.259 e. The summed E-state index contributed by atoms with van der Waals surface area (Å²) in [6, 6.07) is 5.23. The monoisotopic (exact) mass is 439 g/mol. The zero-order valence-corrected chi connectivity index (χ0v) is 18.0. The molecule has 1 atom stereocenters. The summed E-state index contributed by atoms with van der Waals surface area (Å²) in [5.74, 6) is -0.334. The Labute approximate surface area is 185 Å². The Balaban J connectivity index is 1.48. The van der Waals surface area contributed by atoms with Gasteiger partial charge in [0.2, 0.25) is 11.8 Å². The van der Waals surface area contributed by atoms with Gasteiger partial charge in [-0.15, -0.1) is 0 Å². The van der Waals surface area contributed by atoms with Crippen LogP contribution in [0, 0.1) is 12.7 Å². The number of anilines is 1. The van der Waals surface area contributed by atoms with Gasteiger partial charge in [0.15, 0.2) is 5.82 Å². The average molecular weight is 439 g/mol. The highest BCUT2D eigenvalue weighted by atomic mass is 19.1. The van der Waals surface area contributed by atoms with E-state index in [0.29, 0.717) is 42.3 Å². The summed E-state index contributed by atoms with van der Waals surface area (Å²) < 4.78 is 13.1. The van der Waals surface area contributed by atoms with Gasteiger partial charge >= 0.3 is 0 Å². The molecular weight excluding hydrogens is 413 g/mol. The smallest absolute Gasteiger partial charge is 0.259 e. The van der Waals surface area contributed by atoms with Gasteiger partial charge in [-0.2, -0.15) is 0 Å². The van der Waals surface area contributed by atoms with Crippen LogP contribution in [-0.4, -0.2) is 57.1 Å². The highest BCUT2D eigenvalue weighted by Crippen LogP contribution is 2.29. The van der Waals surface area contributed by atoms with Crippen molar-refractivity contribution in [3.63, 3.8) is 0 Å². The first-order valence-electron chi connectivity index (χ1n) is 10.9. The number of aromatic nitrogens is 2. The Kier molecular flexibility index (Phi) is 6.43. The van der Waals surface area contributed by atoms with Gasteiger partial charge in [0, 0.05) is 31.4 Å². The number of hydrogen-bond acceptors (Lipinski definition) is 5. The summed E-state index contributed by atoms with van der Waals surface area (Å²) in [6.07, 6.45) is 5.34. The van der Waals surface area contributed by atoms with Crippen molar-refractivity contribution >= 4 is 23.4 Å². The first kappa shape index (κ1) is 21.9. The predicted octanol–water partition coefficient (Wildman–Crippen LogP) is 2.85. The molecule has 3 amide bonds. The zero-order chi connectivity index (χ0) is 22.7. The van der Waals surface area contributed by atoms with Crippen LogP contribution in [0.15, 0.2) is 30.5 Å². The Hall–Kier alpha value is -3.36. The molecule has 1 N–H and O–H groups in total. The minimum atomic E-state index is -0.384. The summed E-state index contributed by atoms with van der Waals surface area (Å²) in [6.45, 7) is 3.03. The number of rotatable bonds is 5. The maximum atomic E-state index is 13.1. The molecule has 8 nitrogen and oxygen atoms in total. The van der Waals surface area contributed by atoms with Crippen molar-refractivity contribution < 1.29 is 18.8 Å². The molecule has 3 heterocycles. The van der Waals surface area contributed by atoms with Crippen LogP contribution < -0.4 is 5.32 Å². The van der Waals surface area contributed by atoms with Crippen molar-refractivity contribution in [3.8, 4) is 0 Å². The molecule has 32 heavy (non-hydrogen) atoms. The third kappa shape index (κ3) is 4.76. The Morgan fingerprint density at radius 2 is 1.94 bits per heavy atom. The number of piperidine rings is 1. The largest absolute Gasteiger partial charge is 0.333 e. The van der Waals surface area contributed by atoms with E-state index in [1.54, 1.807) is 16.7 Å². The first-order chi connectivity index (χ1) is 15.4. The van der Waals surface area contributed by atoms with Crippen LogP contribution in [0.25, 0.3) is 0 Å². The number of likely N-dealkylation sites (tertiary alicyclic amines) is 2. The molecular formula is C23H26FN5O3. The topological polar surface area (TPSA) is 95.5 Å². The van der Waals surface area contributed by atoms with Gasteiger partial charge < -0.3 is 15.1 Å². The standard InChI is InChI=1S/C23H26FN5O3/c1-15-18(23(32)27-17-9-7-16(24)8-10-17)13-25-22(26-15)19-5-2-3-12-29(19)21(31)14-28-11-4-6-20(28)30/h7-10,13,19H,2-6,11-12,14H2,1H3,(H,27,32)/t19-/m1/s1. The normalized spacial score (nSPS) is 18.7. The molecule has 2 fully saturated rings. The molecule has 0 aliphatic carbocycles. The Morgan fingerprint density at radius 3 is 2.62 bits per heavy atom. The van der Waals surface area contributed by atoms with Gasteiger partial charge in [0.1, 0.15) is 5.82 Å². The fourth-order valence-electron chi connectivity index (χ4n) is 4.22. The van der Waals surface area contributed by atoms with Gasteiger partial charge in [0.25, 0.3) is 5.91 Å². The second kappa shape index (κ2) is 9.42. The van der Waals surface area contributed by atoms with Crippen LogP contribution in [0.2, 0.25) is 0 Å². The van der Waals surface area contributed by atoms with Crippen molar-refractivity contribution in [1.29, 1.82) is 0 Å². The van der Waals surface area contributed by atoms with Crippen LogP contribution in [0.3, 0.4) is 0 Å². The van der Waals surface area contributed by atoms with Crippen LogP contribution in [0.5, 0.6) is 0 Å². The van der Waals surface area contributed by atoms with E-state index in [-0.39, 0.29) is 36.1 Å². The SMILES string of the molecule is Cc1nc([C@H]2CCCCN2C(=O)CN2CCCC2=O)ncc1C(=O)Nc1ccc(F)cc1. The lowest BCUT2D eigenvalue weighted by molar-refractivity contribution is -0.141. The van der Waals surface area contributed by atoms with Crippen LogP contribution in [0.4, 0.5) is 10.1 Å². The minimum absolute atomic E-state index is 0.0236. The Morgan fingerprint density at radius 1 is 1.16 bits per heavy atom. The van der Waals surface area contributed by atoms with Crippen molar-refractivity contribution in [2.24, 2.45) is 0 Å². The van der Waals surface area contributed by atoms with Gasteiger partial charge in [-0.25, -0.2) is 14.4 Å². The minimum Gasteiger partial charge on any atom is -0.333 e. The lowest BCUT2D eigenvalue weighted by Gasteiger charge is -2.35. The van der Waals surface area contributed by atoms with Crippen LogP contribution in [-0.2, 0) is 9.59 Å². The van der Waals surface area contributed by atoms with Crippen molar-refractivity contribution in [2.45, 2.75) is 45.1 Å². The van der Waals surface area contributed by atoms with Gasteiger partial charge in [-0.3, -0.25) is 14.4 Å². The second-order valence-electron chi connectivity index (χ2n) is 8.21. The number of carbonyl (C=O) groups is 3. The number of carbonyl (C=O) groups excluding carboxylic acids is 3. The lowest BCUT2D eigenvalue weighted by atomic mass is 10.0. The molecule has 4 rings (SSSR count). The van der Waals surface area contributed by atoms with E-state index in [9.17, 15) is 18.8 Å². The highest BCUT2D eigenvalue weighted by Gasteiger charge is 2.33. The molecule has 1 aromatic heterocycles. The third-order valence-corrected chi connectivity index (χ3v) is 5.96. The fraction of sp³-hybridized carbons (Fsp3) is 0.435. The highest BCUT2D eigenvalue weighted by molar-refractivity contribution is 6.04. The molecule has 0 radical (unpaired) electrons. The summed E-state index contributed by atoms with van der Waals surface area (Å²) in [5, 5.41) is 2.71. The summed E-state index contributed by atoms with van der Waals surface area (Å²) >= 11 is 0. The summed E-state index contributed by atoms with van der Waals surface area (Å²) in [5.41, 5.74) is 1.29. The average Bonchev–Trinajstić information content (AvgIpc) is 3.19. The van der Waals surface area contributed by atoms with E-state index in [4.69, 9.17) is 0 Å². The summed E-state index contributed by atoms with van der Waals surface area (Å²) in [4.78, 5) is 49.8. The van der Waals surface area contributed by atoms with Crippen molar-refractivity contribution in [2.75, 3.05) is 25.0 Å². The number of amides is 3. The van der Waals surface area contributed by atoms with E-state index in [2.05, 4.69) is 15.3 Å². The molecule has 2 aliphatic heterocycles. The zero-order valence-electron chi connectivity index (χ0n) is 18.0. The quantitative estimate of drug-likeness (QED) is 0.773. The number of benzene rings is 1. The molecule has 0 unspecified atom stereocenters. The van der Waals surface area contributed by atoms with E-state index in [0.717, 1.165) is 25.7 Å². The van der Waals surface area contributed by atoms with Crippen molar-refractivity contribution in [3.05, 3.63) is 53.4 Å². The van der Waals surface area contributed by atoms with E-state index in [1.807, 2.05) is 0 Å². The Bertz CT molecular complexity index is 1030. The number of hydrogen-bond donors (Lipinski definition) is 1. The van der Waals surface area contributed by atoms with E-state index in [1.165, 1.54) is 30.5 Å². The van der Waals surface area contributed by atoms with E-state index >= 15 is 0 Å². The molecule has 2 aliphatic rings. The number of halogens is 1. The van der Waals surface area contributed by atoms with Gasteiger partial charge in [0.05, 0.1) is 23.8 Å². The molecule has 2 aromatic rings. The lowest BCUT2D eigenvalue weighted by Crippen LogP contribution is -2.45. The van der Waals surface area contributed by atoms with E-state index < -0.39 is 0 Å². The molecule has 168 valence electrons. The predicted molar refractivity (Wildman–Crippen MR) is 115 cm³/mol. The first-order valence-corrected chi connectivity index (χ1v) is 10.9. The van der Waals surface area contributed by atoms with Gasteiger partial charge in [-0.1, -0.05) is 0 Å². The number of nitrogens with zero attached hydrogens (tertiary/aromatic N) is 4. The molecule has 9 heteroatoms. The molecule has 2 saturated heterocycles. The van der Waals surface area contributed by atoms with Crippen molar-refractivity contribution in [1.82, 2.24) is 19.8 Å². The van der Waals surface area contributed by atoms with Crippen LogP contribution >= 0.6 is 0 Å². The molecule has 0 spiro atoms. The maximum absolute atomic E-state index is 13.1. The molecule has 0 bridgehead atoms. The molecule has 0 saturated carbocycles. The van der Waals surface area contributed by atoms with Crippen LogP contribution in [0.1, 0.15) is 60.0 Å². The number of aryl methyl sites for hydroxylation is 1. The summed E-state index contributed by atoms with van der Waals surface area (Å²) in [7, 11) is 0.